The van der Waals surface area contributed by atoms with E-state index in [0.717, 1.165) is 6.08 Å². The molecule has 0 bridgehead atoms. The highest BCUT2D eigenvalue weighted by Crippen LogP contribution is 2.14. The molecule has 0 spiro atoms. The summed E-state index contributed by atoms with van der Waals surface area (Å²) in [4.78, 5) is 36.1. The molecule has 0 unspecified atom stereocenters. The Balaban J connectivity index is 2.11. The van der Waals surface area contributed by atoms with Crippen LogP contribution in [-0.2, 0) is 0 Å². The fourth-order valence-corrected chi connectivity index (χ4v) is 2.04. The predicted octanol–water partition coefficient (Wildman–Crippen LogP) is 0.516. The van der Waals surface area contributed by atoms with Gasteiger partial charge in [0.25, 0.3) is 11.1 Å². The van der Waals surface area contributed by atoms with E-state index in [9.17, 15) is 14.7 Å². The molecule has 24 heavy (non-hydrogen) atoms. The summed E-state index contributed by atoms with van der Waals surface area (Å²) in [6.45, 7) is 0. The third-order valence-corrected chi connectivity index (χ3v) is 3.20. The number of aliphatic hydroxyl groups is 1. The summed E-state index contributed by atoms with van der Waals surface area (Å²) in [5, 5.41) is 18.9. The quantitative estimate of drug-likeness (QED) is 0.500. The Bertz CT molecular complexity index is 1120. The normalized spacial score (nSPS) is 11.4. The first-order chi connectivity index (χ1) is 11.5. The maximum atomic E-state index is 12.0. The molecule has 9 heteroatoms. The van der Waals surface area contributed by atoms with Crippen molar-refractivity contribution in [3.05, 3.63) is 61.8 Å². The molecule has 1 aromatic carbocycles. The van der Waals surface area contributed by atoms with E-state index in [4.69, 9.17) is 11.0 Å². The molecule has 5 N–H and O–H groups in total. The first-order valence-electron chi connectivity index (χ1n) is 6.69. The summed E-state index contributed by atoms with van der Waals surface area (Å²) in [7, 11) is 0. The number of aromatic nitrogens is 4. The number of H-pyrrole nitrogens is 2. The average molecular weight is 322 g/mol. The fourth-order valence-electron chi connectivity index (χ4n) is 2.04. The van der Waals surface area contributed by atoms with Gasteiger partial charge in [-0.1, -0.05) is 0 Å². The van der Waals surface area contributed by atoms with Gasteiger partial charge >= 0.3 is 0 Å². The van der Waals surface area contributed by atoms with Crippen molar-refractivity contribution in [3.63, 3.8) is 0 Å². The van der Waals surface area contributed by atoms with Crippen LogP contribution in [0, 0.1) is 11.3 Å². The zero-order valence-corrected chi connectivity index (χ0v) is 12.1. The summed E-state index contributed by atoms with van der Waals surface area (Å²) in [5.41, 5.74) is 4.70. The van der Waals surface area contributed by atoms with E-state index < -0.39 is 11.1 Å². The average Bonchev–Trinajstić information content (AvgIpc) is 2.56. The number of aromatic amines is 2. The molecular formula is C15H10N6O3. The first-order valence-corrected chi connectivity index (χ1v) is 6.69. The number of nitrogens with two attached hydrogens (primary N) is 1. The Morgan fingerprint density at radius 3 is 2.54 bits per heavy atom. The molecule has 0 amide bonds. The highest BCUT2D eigenvalue weighted by atomic mass is 16.3. The minimum Gasteiger partial charge on any atom is -0.507 e. The van der Waals surface area contributed by atoms with Crippen LogP contribution in [0.5, 0.6) is 0 Å². The SMILES string of the molecule is N#Cc1ccc(/C(O)=C/c2nc3nc(N)[nH]c(=O)c3[nH]c2=O)cc1. The largest absolute Gasteiger partial charge is 0.507 e. The Morgan fingerprint density at radius 2 is 1.88 bits per heavy atom. The van der Waals surface area contributed by atoms with Crippen LogP contribution in [0.3, 0.4) is 0 Å². The van der Waals surface area contributed by atoms with Gasteiger partial charge in [0.1, 0.15) is 11.5 Å². The van der Waals surface area contributed by atoms with Gasteiger partial charge in [0.15, 0.2) is 11.2 Å². The number of hydrogen-bond acceptors (Lipinski definition) is 7. The molecule has 0 atom stereocenters. The molecule has 0 radical (unpaired) electrons. The lowest BCUT2D eigenvalue weighted by atomic mass is 10.1. The van der Waals surface area contributed by atoms with E-state index in [-0.39, 0.29) is 28.6 Å². The van der Waals surface area contributed by atoms with Crippen LogP contribution in [0.15, 0.2) is 33.9 Å². The minimum absolute atomic E-state index is 0.0465. The Hall–Kier alpha value is -3.93. The van der Waals surface area contributed by atoms with Crippen molar-refractivity contribution in [3.8, 4) is 6.07 Å². The molecule has 0 aliphatic rings. The first kappa shape index (κ1) is 15.0. The van der Waals surface area contributed by atoms with Gasteiger partial charge in [0, 0.05) is 11.6 Å². The van der Waals surface area contributed by atoms with Crippen LogP contribution in [0.2, 0.25) is 0 Å². The van der Waals surface area contributed by atoms with Gasteiger partial charge in [-0.25, -0.2) is 4.98 Å². The van der Waals surface area contributed by atoms with Crippen molar-refractivity contribution >= 4 is 28.9 Å². The van der Waals surface area contributed by atoms with Crippen LogP contribution in [0.25, 0.3) is 23.0 Å². The summed E-state index contributed by atoms with van der Waals surface area (Å²) in [6, 6.07) is 8.07. The van der Waals surface area contributed by atoms with Gasteiger partial charge in [-0.15, -0.1) is 0 Å². The van der Waals surface area contributed by atoms with Crippen molar-refractivity contribution in [2.24, 2.45) is 0 Å². The van der Waals surface area contributed by atoms with Gasteiger partial charge in [0.05, 0.1) is 11.6 Å². The van der Waals surface area contributed by atoms with Crippen LogP contribution in [0.4, 0.5) is 5.95 Å². The molecule has 2 aromatic heterocycles. The zero-order chi connectivity index (χ0) is 17.3. The molecule has 0 aliphatic carbocycles. The lowest BCUT2D eigenvalue weighted by Crippen LogP contribution is -2.20. The second kappa shape index (κ2) is 5.69. The molecule has 0 saturated heterocycles. The molecule has 3 aromatic rings. The monoisotopic (exact) mass is 322 g/mol. The van der Waals surface area contributed by atoms with Crippen molar-refractivity contribution in [1.29, 1.82) is 5.26 Å². The highest BCUT2D eigenvalue weighted by molar-refractivity contribution is 5.77. The molecule has 0 saturated carbocycles. The summed E-state index contributed by atoms with van der Waals surface area (Å²) in [5.74, 6) is -0.368. The zero-order valence-electron chi connectivity index (χ0n) is 12.1. The number of rotatable bonds is 2. The van der Waals surface area contributed by atoms with E-state index in [1.165, 1.54) is 24.3 Å². The van der Waals surface area contributed by atoms with E-state index in [1.807, 2.05) is 6.07 Å². The maximum absolute atomic E-state index is 12.0. The predicted molar refractivity (Wildman–Crippen MR) is 86.8 cm³/mol. The number of nitrogen functional groups attached to an aromatic ring is 1. The maximum Gasteiger partial charge on any atom is 0.278 e. The molecule has 3 rings (SSSR count). The Labute approximate surface area is 133 Å². The summed E-state index contributed by atoms with van der Waals surface area (Å²) in [6.07, 6.45) is 1.14. The number of nitrogens with zero attached hydrogens (tertiary/aromatic N) is 3. The van der Waals surface area contributed by atoms with Crippen LogP contribution in [-0.4, -0.2) is 25.0 Å². The lowest BCUT2D eigenvalue weighted by Gasteiger charge is -2.02. The number of fused-ring (bicyclic) bond motifs is 1. The number of aliphatic hydroxyl groups excluding tert-OH is 1. The molecule has 118 valence electrons. The molecule has 9 nitrogen and oxygen atoms in total. The van der Waals surface area contributed by atoms with E-state index in [0.29, 0.717) is 11.1 Å². The van der Waals surface area contributed by atoms with Crippen molar-refractivity contribution in [1.82, 2.24) is 19.9 Å². The number of benzene rings is 1. The third-order valence-electron chi connectivity index (χ3n) is 3.20. The number of hydrogen-bond donors (Lipinski definition) is 4. The third kappa shape index (κ3) is 2.71. The van der Waals surface area contributed by atoms with Gasteiger partial charge in [-0.3, -0.25) is 14.6 Å². The van der Waals surface area contributed by atoms with Gasteiger partial charge < -0.3 is 15.8 Å². The summed E-state index contributed by atoms with van der Waals surface area (Å²) >= 11 is 0. The standard InChI is InChI=1S/C15H10N6O3/c16-6-7-1-3-8(4-2-7)10(22)5-9-13(23)19-11-12(18-9)20-15(17)21-14(11)24/h1-5,22H,(H,19,23)(H3,17,18,20,21,24)/b10-5-. The number of nitrogens with one attached hydrogen (secondary N) is 2. The molecule has 0 fully saturated rings. The van der Waals surface area contributed by atoms with Gasteiger partial charge in [-0.2, -0.15) is 10.2 Å². The molecule has 0 aliphatic heterocycles. The second-order valence-electron chi connectivity index (χ2n) is 4.82. The molecule has 2 heterocycles. The smallest absolute Gasteiger partial charge is 0.278 e. The second-order valence-corrected chi connectivity index (χ2v) is 4.82. The number of anilines is 1. The minimum atomic E-state index is -0.667. The Morgan fingerprint density at radius 1 is 1.17 bits per heavy atom. The van der Waals surface area contributed by atoms with E-state index in [2.05, 4.69) is 19.9 Å². The van der Waals surface area contributed by atoms with Crippen LogP contribution in [0.1, 0.15) is 16.8 Å². The van der Waals surface area contributed by atoms with Crippen molar-refractivity contribution in [2.75, 3.05) is 5.73 Å². The fraction of sp³-hybridized carbons (Fsp3) is 0. The van der Waals surface area contributed by atoms with Gasteiger partial charge in [-0.05, 0) is 24.3 Å². The summed E-state index contributed by atoms with van der Waals surface area (Å²) < 4.78 is 0. The van der Waals surface area contributed by atoms with Crippen LogP contribution < -0.4 is 16.9 Å². The Kier molecular flexibility index (Phi) is 3.55. The highest BCUT2D eigenvalue weighted by Gasteiger charge is 2.09. The van der Waals surface area contributed by atoms with E-state index >= 15 is 0 Å². The van der Waals surface area contributed by atoms with Gasteiger partial charge in [0.2, 0.25) is 5.95 Å². The van der Waals surface area contributed by atoms with E-state index in [1.54, 1.807) is 0 Å². The van der Waals surface area contributed by atoms with Crippen molar-refractivity contribution < 1.29 is 5.11 Å². The lowest BCUT2D eigenvalue weighted by molar-refractivity contribution is 0.515. The van der Waals surface area contributed by atoms with Crippen LogP contribution >= 0.6 is 0 Å². The van der Waals surface area contributed by atoms with Crippen molar-refractivity contribution in [2.45, 2.75) is 0 Å². The molecular weight excluding hydrogens is 312 g/mol. The topological polar surface area (TPSA) is 162 Å². The number of nitriles is 1.